The molecular formula is C13H15N3O2. The van der Waals surface area contributed by atoms with Crippen LogP contribution in [0.15, 0.2) is 18.3 Å². The maximum absolute atomic E-state index is 12.0. The van der Waals surface area contributed by atoms with E-state index in [0.29, 0.717) is 11.3 Å². The number of H-pyrrole nitrogens is 1. The van der Waals surface area contributed by atoms with Crippen molar-refractivity contribution in [1.29, 1.82) is 0 Å². The van der Waals surface area contributed by atoms with Crippen molar-refractivity contribution < 1.29 is 9.90 Å². The SMILES string of the molecule is Cc1cc(NC(=O)c2cn[nH]c2C)c(C)cc1O. The lowest BCUT2D eigenvalue weighted by Gasteiger charge is -2.10. The maximum Gasteiger partial charge on any atom is 0.259 e. The first-order valence-electron chi connectivity index (χ1n) is 5.60. The van der Waals surface area contributed by atoms with Crippen LogP contribution >= 0.6 is 0 Å². The molecule has 0 spiro atoms. The van der Waals surface area contributed by atoms with Crippen LogP contribution in [0.25, 0.3) is 0 Å². The number of carbonyl (C=O) groups is 1. The maximum atomic E-state index is 12.0. The number of amides is 1. The fourth-order valence-electron chi connectivity index (χ4n) is 1.70. The molecule has 1 aromatic carbocycles. The van der Waals surface area contributed by atoms with Crippen molar-refractivity contribution in [2.24, 2.45) is 0 Å². The first-order chi connectivity index (χ1) is 8.49. The van der Waals surface area contributed by atoms with Crippen molar-refractivity contribution >= 4 is 11.6 Å². The Morgan fingerprint density at radius 2 is 2.00 bits per heavy atom. The Balaban J connectivity index is 2.28. The molecule has 0 fully saturated rings. The summed E-state index contributed by atoms with van der Waals surface area (Å²) in [5.41, 5.74) is 3.46. The molecule has 0 aliphatic heterocycles. The van der Waals surface area contributed by atoms with Gasteiger partial charge in [-0.2, -0.15) is 5.10 Å². The van der Waals surface area contributed by atoms with E-state index in [2.05, 4.69) is 15.5 Å². The zero-order valence-corrected chi connectivity index (χ0v) is 10.5. The van der Waals surface area contributed by atoms with E-state index < -0.39 is 0 Å². The molecule has 5 heteroatoms. The topological polar surface area (TPSA) is 78.0 Å². The van der Waals surface area contributed by atoms with Gasteiger partial charge in [0.2, 0.25) is 0 Å². The van der Waals surface area contributed by atoms with Crippen LogP contribution in [0.3, 0.4) is 0 Å². The van der Waals surface area contributed by atoms with Crippen LogP contribution in [0.4, 0.5) is 5.69 Å². The number of hydrogen-bond acceptors (Lipinski definition) is 3. The molecule has 0 aliphatic carbocycles. The van der Waals surface area contributed by atoms with Gasteiger partial charge in [-0.3, -0.25) is 9.89 Å². The second kappa shape index (κ2) is 4.52. The predicted molar refractivity (Wildman–Crippen MR) is 68.9 cm³/mol. The number of carbonyl (C=O) groups excluding carboxylic acids is 1. The third kappa shape index (κ3) is 2.20. The summed E-state index contributed by atoms with van der Waals surface area (Å²) in [6.45, 7) is 5.40. The Morgan fingerprint density at radius 3 is 2.61 bits per heavy atom. The van der Waals surface area contributed by atoms with Gasteiger partial charge in [-0.1, -0.05) is 0 Å². The molecule has 0 saturated heterocycles. The van der Waals surface area contributed by atoms with E-state index in [4.69, 9.17) is 0 Å². The summed E-state index contributed by atoms with van der Waals surface area (Å²) >= 11 is 0. The molecule has 0 saturated carbocycles. The van der Waals surface area contributed by atoms with Crippen LogP contribution in [0, 0.1) is 20.8 Å². The average Bonchev–Trinajstić information content (AvgIpc) is 2.72. The highest BCUT2D eigenvalue weighted by Gasteiger charge is 2.12. The first-order valence-corrected chi connectivity index (χ1v) is 5.60. The van der Waals surface area contributed by atoms with Gasteiger partial charge >= 0.3 is 0 Å². The molecule has 0 atom stereocenters. The summed E-state index contributed by atoms with van der Waals surface area (Å²) in [5.74, 6) is 0.0134. The summed E-state index contributed by atoms with van der Waals surface area (Å²) in [6, 6.07) is 3.38. The summed E-state index contributed by atoms with van der Waals surface area (Å²) in [6.07, 6.45) is 1.49. The van der Waals surface area contributed by atoms with Gasteiger partial charge in [0.05, 0.1) is 11.8 Å². The molecule has 5 nitrogen and oxygen atoms in total. The Labute approximate surface area is 105 Å². The number of aryl methyl sites for hydroxylation is 3. The lowest BCUT2D eigenvalue weighted by molar-refractivity contribution is 0.102. The zero-order chi connectivity index (χ0) is 13.3. The second-order valence-electron chi connectivity index (χ2n) is 4.32. The van der Waals surface area contributed by atoms with Crippen LogP contribution in [-0.2, 0) is 0 Å². The van der Waals surface area contributed by atoms with Gasteiger partial charge in [-0.05, 0) is 44.0 Å². The van der Waals surface area contributed by atoms with Crippen molar-refractivity contribution in [3.8, 4) is 5.75 Å². The Hall–Kier alpha value is -2.30. The molecule has 0 unspecified atom stereocenters. The van der Waals surface area contributed by atoms with Crippen molar-refractivity contribution in [1.82, 2.24) is 10.2 Å². The molecule has 18 heavy (non-hydrogen) atoms. The van der Waals surface area contributed by atoms with Gasteiger partial charge in [0, 0.05) is 11.4 Å². The minimum Gasteiger partial charge on any atom is -0.508 e. The van der Waals surface area contributed by atoms with Gasteiger partial charge in [0.1, 0.15) is 5.75 Å². The Kier molecular flexibility index (Phi) is 3.06. The van der Waals surface area contributed by atoms with E-state index in [1.165, 1.54) is 6.20 Å². The zero-order valence-electron chi connectivity index (χ0n) is 10.5. The van der Waals surface area contributed by atoms with Crippen molar-refractivity contribution in [3.63, 3.8) is 0 Å². The van der Waals surface area contributed by atoms with Crippen molar-refractivity contribution in [2.75, 3.05) is 5.32 Å². The smallest absolute Gasteiger partial charge is 0.259 e. The molecule has 2 rings (SSSR count). The van der Waals surface area contributed by atoms with E-state index in [1.54, 1.807) is 26.0 Å². The number of aromatic hydroxyl groups is 1. The third-order valence-corrected chi connectivity index (χ3v) is 2.87. The predicted octanol–water partition coefficient (Wildman–Crippen LogP) is 2.29. The van der Waals surface area contributed by atoms with Gasteiger partial charge in [0.15, 0.2) is 0 Å². The Bertz CT molecular complexity index is 602. The number of nitrogens with zero attached hydrogens (tertiary/aromatic N) is 1. The molecule has 2 aromatic rings. The summed E-state index contributed by atoms with van der Waals surface area (Å²) < 4.78 is 0. The highest BCUT2D eigenvalue weighted by molar-refractivity contribution is 6.05. The molecule has 0 bridgehead atoms. The minimum atomic E-state index is -0.213. The van der Waals surface area contributed by atoms with E-state index in [-0.39, 0.29) is 11.7 Å². The standard InChI is InChI=1S/C13H15N3O2/c1-7-5-12(17)8(2)4-11(7)15-13(18)10-6-14-16-9(10)3/h4-6,17H,1-3H3,(H,14,16)(H,15,18). The molecule has 0 radical (unpaired) electrons. The summed E-state index contributed by atoms with van der Waals surface area (Å²) in [7, 11) is 0. The lowest BCUT2D eigenvalue weighted by atomic mass is 10.1. The molecule has 94 valence electrons. The monoisotopic (exact) mass is 245 g/mol. The van der Waals surface area contributed by atoms with E-state index in [0.717, 1.165) is 16.8 Å². The van der Waals surface area contributed by atoms with Crippen molar-refractivity contribution in [3.05, 3.63) is 40.7 Å². The lowest BCUT2D eigenvalue weighted by Crippen LogP contribution is -2.13. The van der Waals surface area contributed by atoms with Gasteiger partial charge < -0.3 is 10.4 Å². The van der Waals surface area contributed by atoms with Gasteiger partial charge in [0.25, 0.3) is 5.91 Å². The number of aromatic nitrogens is 2. The van der Waals surface area contributed by atoms with Crippen LogP contribution < -0.4 is 5.32 Å². The van der Waals surface area contributed by atoms with Crippen LogP contribution in [0.2, 0.25) is 0 Å². The summed E-state index contributed by atoms with van der Waals surface area (Å²) in [5, 5.41) is 18.9. The number of phenols is 1. The third-order valence-electron chi connectivity index (χ3n) is 2.87. The van der Waals surface area contributed by atoms with Crippen molar-refractivity contribution in [2.45, 2.75) is 20.8 Å². The fraction of sp³-hybridized carbons (Fsp3) is 0.231. The number of rotatable bonds is 2. The largest absolute Gasteiger partial charge is 0.508 e. The van der Waals surface area contributed by atoms with Gasteiger partial charge in [-0.25, -0.2) is 0 Å². The number of benzene rings is 1. The van der Waals surface area contributed by atoms with Crippen LogP contribution in [-0.4, -0.2) is 21.2 Å². The highest BCUT2D eigenvalue weighted by Crippen LogP contribution is 2.25. The molecule has 1 aromatic heterocycles. The van der Waals surface area contributed by atoms with E-state index >= 15 is 0 Å². The molecular weight excluding hydrogens is 230 g/mol. The van der Waals surface area contributed by atoms with Crippen LogP contribution in [0.1, 0.15) is 27.2 Å². The molecule has 3 N–H and O–H groups in total. The highest BCUT2D eigenvalue weighted by atomic mass is 16.3. The van der Waals surface area contributed by atoms with Crippen LogP contribution in [0.5, 0.6) is 5.75 Å². The number of aromatic amines is 1. The van der Waals surface area contributed by atoms with E-state index in [9.17, 15) is 9.90 Å². The number of nitrogens with one attached hydrogen (secondary N) is 2. The Morgan fingerprint density at radius 1 is 1.28 bits per heavy atom. The molecule has 1 amide bonds. The average molecular weight is 245 g/mol. The number of anilines is 1. The normalized spacial score (nSPS) is 10.4. The summed E-state index contributed by atoms with van der Waals surface area (Å²) in [4.78, 5) is 12.0. The fourth-order valence-corrected chi connectivity index (χ4v) is 1.70. The quantitative estimate of drug-likeness (QED) is 0.710. The second-order valence-corrected chi connectivity index (χ2v) is 4.32. The minimum absolute atomic E-state index is 0.213. The van der Waals surface area contributed by atoms with Gasteiger partial charge in [-0.15, -0.1) is 0 Å². The molecule has 1 heterocycles. The number of hydrogen-bond donors (Lipinski definition) is 3. The molecule has 0 aliphatic rings. The number of phenolic OH excluding ortho intramolecular Hbond substituents is 1. The first kappa shape index (κ1) is 12.2. The van der Waals surface area contributed by atoms with E-state index in [1.807, 2.05) is 6.92 Å².